The number of hydrogen-bond acceptors (Lipinski definition) is 7. The lowest BCUT2D eigenvalue weighted by atomic mass is 10.1. The van der Waals surface area contributed by atoms with Crippen LogP contribution in [0.3, 0.4) is 0 Å². The first-order chi connectivity index (χ1) is 12.4. The number of ether oxygens (including phenoxy) is 4. The predicted molar refractivity (Wildman–Crippen MR) is 98.2 cm³/mol. The Morgan fingerprint density at radius 2 is 1.65 bits per heavy atom. The molecule has 1 aliphatic heterocycles. The summed E-state index contributed by atoms with van der Waals surface area (Å²) < 4.78 is 20.6. The molecular formula is C17H20N2O6S. The highest BCUT2D eigenvalue weighted by Gasteiger charge is 2.37. The van der Waals surface area contributed by atoms with E-state index in [2.05, 4.69) is 4.74 Å². The zero-order valence-corrected chi connectivity index (χ0v) is 16.0. The van der Waals surface area contributed by atoms with Gasteiger partial charge in [-0.2, -0.15) is 0 Å². The first-order valence-corrected chi connectivity index (χ1v) is 7.96. The van der Waals surface area contributed by atoms with Crippen molar-refractivity contribution >= 4 is 35.3 Å². The second-order valence-electron chi connectivity index (χ2n) is 5.29. The molecule has 1 amide bonds. The van der Waals surface area contributed by atoms with Crippen LogP contribution in [-0.2, 0) is 14.3 Å². The summed E-state index contributed by atoms with van der Waals surface area (Å²) in [5.41, 5.74) is 0.801. The van der Waals surface area contributed by atoms with Gasteiger partial charge in [0.25, 0.3) is 5.91 Å². The number of nitrogens with zero attached hydrogens (tertiary/aromatic N) is 2. The van der Waals surface area contributed by atoms with E-state index in [1.807, 2.05) is 0 Å². The van der Waals surface area contributed by atoms with E-state index in [1.165, 1.54) is 38.2 Å². The maximum Gasteiger partial charge on any atom is 0.325 e. The molecule has 0 aromatic heterocycles. The molecule has 1 fully saturated rings. The van der Waals surface area contributed by atoms with E-state index in [4.69, 9.17) is 26.4 Å². The minimum Gasteiger partial charge on any atom is -0.496 e. The summed E-state index contributed by atoms with van der Waals surface area (Å²) in [4.78, 5) is 27.0. The van der Waals surface area contributed by atoms with Crippen LogP contribution in [0.5, 0.6) is 17.2 Å². The minimum absolute atomic E-state index is 0.174. The quantitative estimate of drug-likeness (QED) is 0.415. The number of thiocarbonyl (C=S) groups is 1. The summed E-state index contributed by atoms with van der Waals surface area (Å²) in [5, 5.41) is 0.214. The maximum atomic E-state index is 12.6. The number of carbonyl (C=O) groups is 2. The molecule has 1 aromatic rings. The van der Waals surface area contributed by atoms with E-state index < -0.39 is 5.97 Å². The molecule has 0 N–H and O–H groups in total. The Morgan fingerprint density at radius 3 is 2.19 bits per heavy atom. The van der Waals surface area contributed by atoms with Crippen molar-refractivity contribution in [3.05, 3.63) is 23.4 Å². The van der Waals surface area contributed by atoms with Crippen LogP contribution in [0.2, 0.25) is 0 Å². The molecule has 0 spiro atoms. The van der Waals surface area contributed by atoms with Gasteiger partial charge in [0, 0.05) is 18.7 Å². The Hall–Kier alpha value is -2.81. The summed E-state index contributed by atoms with van der Waals surface area (Å²) >= 11 is 5.26. The van der Waals surface area contributed by atoms with Crippen molar-refractivity contribution in [2.24, 2.45) is 0 Å². The highest BCUT2D eigenvalue weighted by atomic mass is 32.1. The summed E-state index contributed by atoms with van der Waals surface area (Å²) in [5.74, 6) is 0.585. The number of likely N-dealkylation sites (N-methyl/N-ethyl adjacent to an activating group) is 1. The van der Waals surface area contributed by atoms with E-state index in [-0.39, 0.29) is 23.3 Å². The van der Waals surface area contributed by atoms with E-state index in [0.29, 0.717) is 22.8 Å². The Morgan fingerprint density at radius 1 is 1.08 bits per heavy atom. The third kappa shape index (κ3) is 3.57. The maximum absolute atomic E-state index is 12.6. The van der Waals surface area contributed by atoms with Gasteiger partial charge in [-0.05, 0) is 24.4 Å². The SMILES string of the molecule is COC(=O)CN1C(=S)N(C)C(=O)/C1=C/c1cc(OC)c(OC)cc1OC. The molecule has 26 heavy (non-hydrogen) atoms. The highest BCUT2D eigenvalue weighted by Crippen LogP contribution is 2.36. The fraction of sp³-hybridized carbons (Fsp3) is 0.353. The van der Waals surface area contributed by atoms with Crippen molar-refractivity contribution in [2.45, 2.75) is 0 Å². The first kappa shape index (κ1) is 19.5. The van der Waals surface area contributed by atoms with Gasteiger partial charge in [0.1, 0.15) is 18.0 Å². The van der Waals surface area contributed by atoms with Gasteiger partial charge in [0.05, 0.1) is 28.4 Å². The Kier molecular flexibility index (Phi) is 6.04. The van der Waals surface area contributed by atoms with Gasteiger partial charge in [-0.3, -0.25) is 14.5 Å². The number of carbonyl (C=O) groups excluding carboxylic acids is 2. The fourth-order valence-electron chi connectivity index (χ4n) is 2.46. The summed E-state index contributed by atoms with van der Waals surface area (Å²) in [6, 6.07) is 3.33. The number of hydrogen-bond donors (Lipinski definition) is 0. The molecule has 0 aliphatic carbocycles. The molecule has 9 heteroatoms. The number of methoxy groups -OCH3 is 4. The lowest BCUT2D eigenvalue weighted by molar-refractivity contribution is -0.140. The average molecular weight is 380 g/mol. The van der Waals surface area contributed by atoms with Gasteiger partial charge in [0.15, 0.2) is 16.6 Å². The van der Waals surface area contributed by atoms with E-state index >= 15 is 0 Å². The number of benzene rings is 1. The molecule has 8 nitrogen and oxygen atoms in total. The van der Waals surface area contributed by atoms with Crippen molar-refractivity contribution < 1.29 is 28.5 Å². The Balaban J connectivity index is 2.55. The van der Waals surface area contributed by atoms with Crippen LogP contribution in [0.1, 0.15) is 5.56 Å². The fourth-order valence-corrected chi connectivity index (χ4v) is 2.70. The molecule has 0 saturated carbocycles. The van der Waals surface area contributed by atoms with Gasteiger partial charge in [-0.1, -0.05) is 0 Å². The van der Waals surface area contributed by atoms with Crippen molar-refractivity contribution in [3.63, 3.8) is 0 Å². The van der Waals surface area contributed by atoms with E-state index in [0.717, 1.165) is 0 Å². The summed E-state index contributed by atoms with van der Waals surface area (Å²) in [7, 11) is 7.34. The van der Waals surface area contributed by atoms with Crippen LogP contribution in [0.25, 0.3) is 6.08 Å². The molecule has 1 saturated heterocycles. The number of rotatable bonds is 6. The van der Waals surface area contributed by atoms with Crippen molar-refractivity contribution in [3.8, 4) is 17.2 Å². The van der Waals surface area contributed by atoms with Crippen molar-refractivity contribution in [1.29, 1.82) is 0 Å². The molecular weight excluding hydrogens is 360 g/mol. The van der Waals surface area contributed by atoms with Gasteiger partial charge in [-0.15, -0.1) is 0 Å². The molecule has 0 bridgehead atoms. The molecule has 0 atom stereocenters. The Bertz CT molecular complexity index is 777. The van der Waals surface area contributed by atoms with Crippen LogP contribution in [0.15, 0.2) is 17.8 Å². The highest BCUT2D eigenvalue weighted by molar-refractivity contribution is 7.80. The van der Waals surface area contributed by atoms with Crippen LogP contribution in [0.4, 0.5) is 0 Å². The molecule has 1 aliphatic rings. The zero-order chi connectivity index (χ0) is 19.4. The second-order valence-corrected chi connectivity index (χ2v) is 5.65. The van der Waals surface area contributed by atoms with Crippen LogP contribution >= 0.6 is 12.2 Å². The zero-order valence-electron chi connectivity index (χ0n) is 15.2. The molecule has 0 radical (unpaired) electrons. The lowest BCUT2D eigenvalue weighted by Crippen LogP contribution is -2.33. The largest absolute Gasteiger partial charge is 0.496 e. The average Bonchev–Trinajstić information content (AvgIpc) is 2.85. The predicted octanol–water partition coefficient (Wildman–Crippen LogP) is 1.29. The van der Waals surface area contributed by atoms with Gasteiger partial charge >= 0.3 is 5.97 Å². The monoisotopic (exact) mass is 380 g/mol. The third-order valence-electron chi connectivity index (χ3n) is 3.88. The summed E-state index contributed by atoms with van der Waals surface area (Å²) in [6.45, 7) is -0.174. The van der Waals surface area contributed by atoms with Gasteiger partial charge in [-0.25, -0.2) is 0 Å². The normalized spacial score (nSPS) is 15.5. The smallest absolute Gasteiger partial charge is 0.325 e. The third-order valence-corrected chi connectivity index (χ3v) is 4.37. The lowest BCUT2D eigenvalue weighted by Gasteiger charge is -2.17. The minimum atomic E-state index is -0.513. The van der Waals surface area contributed by atoms with Crippen LogP contribution < -0.4 is 14.2 Å². The summed E-state index contributed by atoms with van der Waals surface area (Å²) in [6.07, 6.45) is 1.59. The van der Waals surface area contributed by atoms with Crippen LogP contribution in [-0.4, -0.2) is 68.8 Å². The van der Waals surface area contributed by atoms with Gasteiger partial charge < -0.3 is 23.8 Å². The molecule has 1 aromatic carbocycles. The molecule has 1 heterocycles. The standard InChI is InChI=1S/C17H20N2O6S/c1-18-16(21)11(19(17(18)26)9-15(20)25-5)6-10-7-13(23-3)14(24-4)8-12(10)22-2/h6-8H,9H2,1-5H3/b11-6-. The van der Waals surface area contributed by atoms with Crippen molar-refractivity contribution in [1.82, 2.24) is 9.80 Å². The molecule has 2 rings (SSSR count). The molecule has 140 valence electrons. The topological polar surface area (TPSA) is 77.5 Å². The number of amides is 1. The van der Waals surface area contributed by atoms with Crippen molar-refractivity contribution in [2.75, 3.05) is 42.0 Å². The number of esters is 1. The Labute approximate surface area is 156 Å². The second kappa shape index (κ2) is 8.05. The van der Waals surface area contributed by atoms with E-state index in [1.54, 1.807) is 25.3 Å². The first-order valence-electron chi connectivity index (χ1n) is 7.56. The van der Waals surface area contributed by atoms with Crippen LogP contribution in [0, 0.1) is 0 Å². The van der Waals surface area contributed by atoms with E-state index in [9.17, 15) is 9.59 Å². The van der Waals surface area contributed by atoms with Gasteiger partial charge in [0.2, 0.25) is 0 Å². The molecule has 0 unspecified atom stereocenters.